The molecule has 1 aromatic carbocycles. The minimum absolute atomic E-state index is 0.0394. The van der Waals surface area contributed by atoms with Crippen molar-refractivity contribution in [1.82, 2.24) is 5.32 Å². The summed E-state index contributed by atoms with van der Waals surface area (Å²) in [5.41, 5.74) is 1.41. The van der Waals surface area contributed by atoms with Gasteiger partial charge in [0.25, 0.3) is 0 Å². The second-order valence-electron chi connectivity index (χ2n) is 4.83. The molecule has 0 saturated carbocycles. The van der Waals surface area contributed by atoms with E-state index < -0.39 is 5.97 Å². The quantitative estimate of drug-likeness (QED) is 0.858. The van der Waals surface area contributed by atoms with Crippen LogP contribution in [0, 0.1) is 12.7 Å². The molecular formula is C16H18FNO3. The van der Waals surface area contributed by atoms with E-state index in [0.29, 0.717) is 23.6 Å². The minimum Gasteiger partial charge on any atom is -0.465 e. The van der Waals surface area contributed by atoms with Crippen LogP contribution in [-0.4, -0.2) is 13.1 Å². The maximum Gasteiger partial charge on any atom is 0.341 e. The highest BCUT2D eigenvalue weighted by molar-refractivity contribution is 5.90. The number of rotatable bonds is 5. The molecule has 112 valence electrons. The number of halogens is 1. The van der Waals surface area contributed by atoms with Crippen molar-refractivity contribution >= 4 is 5.97 Å². The average Bonchev–Trinajstić information content (AvgIpc) is 2.86. The Morgan fingerprint density at radius 3 is 2.67 bits per heavy atom. The predicted octanol–water partition coefficient (Wildman–Crippen LogP) is 3.36. The Balaban J connectivity index is 1.99. The molecule has 0 unspecified atom stereocenters. The summed E-state index contributed by atoms with van der Waals surface area (Å²) in [6.07, 6.45) is 0. The molecular weight excluding hydrogens is 273 g/mol. The number of esters is 1. The van der Waals surface area contributed by atoms with Crippen LogP contribution in [0.25, 0.3) is 0 Å². The van der Waals surface area contributed by atoms with Gasteiger partial charge in [-0.2, -0.15) is 0 Å². The van der Waals surface area contributed by atoms with Crippen LogP contribution in [0.1, 0.15) is 40.4 Å². The fraction of sp³-hybridized carbons (Fsp3) is 0.312. The summed E-state index contributed by atoms with van der Waals surface area (Å²) in [5.74, 6) is 0.527. The monoisotopic (exact) mass is 291 g/mol. The van der Waals surface area contributed by atoms with E-state index in [4.69, 9.17) is 4.42 Å². The molecule has 0 spiro atoms. The molecule has 0 radical (unpaired) electrons. The fourth-order valence-corrected chi connectivity index (χ4v) is 2.07. The number of carbonyl (C=O) groups is 1. The Kier molecular flexibility index (Phi) is 4.75. The van der Waals surface area contributed by atoms with Gasteiger partial charge in [-0.05, 0) is 37.6 Å². The molecule has 0 aliphatic heterocycles. The lowest BCUT2D eigenvalue weighted by Gasteiger charge is -2.13. The molecule has 21 heavy (non-hydrogen) atoms. The van der Waals surface area contributed by atoms with E-state index in [9.17, 15) is 9.18 Å². The standard InChI is InChI=1S/C16H18FNO3/c1-10(12-4-6-13(17)7-5-12)18-9-14-8-15(11(2)21-14)16(19)20-3/h4-8,10,18H,9H2,1-3H3/t10-/m1/s1. The Hall–Kier alpha value is -2.14. The molecule has 2 aromatic rings. The zero-order chi connectivity index (χ0) is 15.4. The Morgan fingerprint density at radius 1 is 1.38 bits per heavy atom. The highest BCUT2D eigenvalue weighted by Gasteiger charge is 2.15. The van der Waals surface area contributed by atoms with E-state index in [2.05, 4.69) is 10.1 Å². The van der Waals surface area contributed by atoms with Crippen molar-refractivity contribution in [3.63, 3.8) is 0 Å². The third kappa shape index (κ3) is 3.70. The smallest absolute Gasteiger partial charge is 0.341 e. The van der Waals surface area contributed by atoms with Gasteiger partial charge in [0, 0.05) is 6.04 Å². The van der Waals surface area contributed by atoms with Crippen LogP contribution < -0.4 is 5.32 Å². The molecule has 0 aliphatic carbocycles. The second kappa shape index (κ2) is 6.54. The topological polar surface area (TPSA) is 51.5 Å². The number of furan rings is 1. The van der Waals surface area contributed by atoms with E-state index in [1.54, 1.807) is 25.1 Å². The van der Waals surface area contributed by atoms with Crippen LogP contribution in [0.4, 0.5) is 4.39 Å². The normalized spacial score (nSPS) is 12.2. The first-order chi connectivity index (χ1) is 10.0. The summed E-state index contributed by atoms with van der Waals surface area (Å²) < 4.78 is 23.1. The summed E-state index contributed by atoms with van der Waals surface area (Å²) in [6, 6.07) is 8.05. The number of carbonyl (C=O) groups excluding carboxylic acids is 1. The highest BCUT2D eigenvalue weighted by Crippen LogP contribution is 2.18. The largest absolute Gasteiger partial charge is 0.465 e. The van der Waals surface area contributed by atoms with E-state index in [0.717, 1.165) is 5.56 Å². The Bertz CT molecular complexity index is 619. The van der Waals surface area contributed by atoms with Crippen LogP contribution in [-0.2, 0) is 11.3 Å². The van der Waals surface area contributed by atoms with Gasteiger partial charge in [-0.15, -0.1) is 0 Å². The number of nitrogens with one attached hydrogen (secondary N) is 1. The molecule has 0 saturated heterocycles. The van der Waals surface area contributed by atoms with Crippen LogP contribution in [0.15, 0.2) is 34.7 Å². The number of methoxy groups -OCH3 is 1. The maximum atomic E-state index is 12.9. The second-order valence-corrected chi connectivity index (χ2v) is 4.83. The van der Waals surface area contributed by atoms with Crippen molar-refractivity contribution in [3.8, 4) is 0 Å². The predicted molar refractivity (Wildman–Crippen MR) is 76.4 cm³/mol. The van der Waals surface area contributed by atoms with Gasteiger partial charge in [0.1, 0.15) is 22.9 Å². The third-order valence-electron chi connectivity index (χ3n) is 3.33. The van der Waals surface area contributed by atoms with Gasteiger partial charge in [0.05, 0.1) is 13.7 Å². The number of hydrogen-bond donors (Lipinski definition) is 1. The molecule has 2 rings (SSSR count). The summed E-state index contributed by atoms with van der Waals surface area (Å²) in [4.78, 5) is 11.5. The summed E-state index contributed by atoms with van der Waals surface area (Å²) in [7, 11) is 1.34. The zero-order valence-corrected chi connectivity index (χ0v) is 12.3. The number of benzene rings is 1. The molecule has 0 fully saturated rings. The van der Waals surface area contributed by atoms with Crippen molar-refractivity contribution in [2.24, 2.45) is 0 Å². The van der Waals surface area contributed by atoms with E-state index in [-0.39, 0.29) is 11.9 Å². The van der Waals surface area contributed by atoms with Crippen LogP contribution in [0.2, 0.25) is 0 Å². The zero-order valence-electron chi connectivity index (χ0n) is 12.3. The third-order valence-corrected chi connectivity index (χ3v) is 3.33. The lowest BCUT2D eigenvalue weighted by Crippen LogP contribution is -2.17. The van der Waals surface area contributed by atoms with Gasteiger partial charge in [0.15, 0.2) is 0 Å². The molecule has 1 heterocycles. The van der Waals surface area contributed by atoms with E-state index >= 15 is 0 Å². The number of aryl methyl sites for hydroxylation is 1. The van der Waals surface area contributed by atoms with Crippen LogP contribution in [0.3, 0.4) is 0 Å². The average molecular weight is 291 g/mol. The summed E-state index contributed by atoms with van der Waals surface area (Å²) >= 11 is 0. The van der Waals surface area contributed by atoms with Crippen molar-refractivity contribution in [2.75, 3.05) is 7.11 Å². The van der Waals surface area contributed by atoms with Gasteiger partial charge in [-0.1, -0.05) is 12.1 Å². The van der Waals surface area contributed by atoms with Crippen molar-refractivity contribution in [1.29, 1.82) is 0 Å². The fourth-order valence-electron chi connectivity index (χ4n) is 2.07. The van der Waals surface area contributed by atoms with Crippen molar-refractivity contribution in [3.05, 3.63) is 58.8 Å². The maximum absolute atomic E-state index is 12.9. The Morgan fingerprint density at radius 2 is 2.05 bits per heavy atom. The first kappa shape index (κ1) is 15.3. The van der Waals surface area contributed by atoms with Crippen molar-refractivity contribution in [2.45, 2.75) is 26.4 Å². The van der Waals surface area contributed by atoms with Crippen LogP contribution in [0.5, 0.6) is 0 Å². The first-order valence-corrected chi connectivity index (χ1v) is 6.67. The van der Waals surface area contributed by atoms with Gasteiger partial charge < -0.3 is 14.5 Å². The molecule has 1 aromatic heterocycles. The number of hydrogen-bond acceptors (Lipinski definition) is 4. The summed E-state index contributed by atoms with van der Waals surface area (Å²) in [6.45, 7) is 4.17. The highest BCUT2D eigenvalue weighted by atomic mass is 19.1. The lowest BCUT2D eigenvalue weighted by molar-refractivity contribution is 0.0599. The van der Waals surface area contributed by atoms with Crippen molar-refractivity contribution < 1.29 is 18.3 Å². The van der Waals surface area contributed by atoms with Gasteiger partial charge in [0.2, 0.25) is 0 Å². The molecule has 0 aliphatic rings. The Labute approximate surface area is 122 Å². The molecule has 1 N–H and O–H groups in total. The van der Waals surface area contributed by atoms with Crippen LogP contribution >= 0.6 is 0 Å². The molecule has 0 amide bonds. The number of ether oxygens (including phenoxy) is 1. The minimum atomic E-state index is -0.408. The molecule has 4 nitrogen and oxygen atoms in total. The SMILES string of the molecule is COC(=O)c1cc(CN[C@H](C)c2ccc(F)cc2)oc1C. The van der Waals surface area contributed by atoms with E-state index in [1.165, 1.54) is 19.2 Å². The van der Waals surface area contributed by atoms with Gasteiger partial charge >= 0.3 is 5.97 Å². The van der Waals surface area contributed by atoms with Gasteiger partial charge in [-0.3, -0.25) is 0 Å². The summed E-state index contributed by atoms with van der Waals surface area (Å²) in [5, 5.41) is 3.26. The van der Waals surface area contributed by atoms with Gasteiger partial charge in [-0.25, -0.2) is 9.18 Å². The molecule has 1 atom stereocenters. The van der Waals surface area contributed by atoms with E-state index in [1.807, 2.05) is 6.92 Å². The lowest BCUT2D eigenvalue weighted by atomic mass is 10.1. The molecule has 0 bridgehead atoms. The first-order valence-electron chi connectivity index (χ1n) is 6.67. The molecule has 5 heteroatoms.